The van der Waals surface area contributed by atoms with Crippen LogP contribution >= 0.6 is 0 Å². The fourth-order valence-corrected chi connectivity index (χ4v) is 3.91. The number of urea groups is 1. The lowest BCUT2D eigenvalue weighted by molar-refractivity contribution is 0.0642. The predicted octanol–water partition coefficient (Wildman–Crippen LogP) is 4.48. The molecule has 1 aliphatic rings. The molecule has 0 atom stereocenters. The SMILES string of the molecule is COCCOc1cc(F)c2c(Nc3ccc(NC(=O)NCCC4CCOCC4)cc3)ncnc2c1. The minimum absolute atomic E-state index is 0.245. The second-order valence-corrected chi connectivity index (χ2v) is 8.29. The predicted molar refractivity (Wildman–Crippen MR) is 132 cm³/mol. The molecule has 0 bridgehead atoms. The first-order valence-electron chi connectivity index (χ1n) is 11.7. The van der Waals surface area contributed by atoms with Crippen LogP contribution in [-0.4, -0.2) is 56.1 Å². The maximum atomic E-state index is 14.9. The molecule has 1 fully saturated rings. The summed E-state index contributed by atoms with van der Waals surface area (Å²) in [7, 11) is 1.57. The molecule has 1 aliphatic heterocycles. The van der Waals surface area contributed by atoms with Crippen molar-refractivity contribution in [2.24, 2.45) is 5.92 Å². The summed E-state index contributed by atoms with van der Waals surface area (Å²) >= 11 is 0. The van der Waals surface area contributed by atoms with Gasteiger partial charge in [-0.15, -0.1) is 0 Å². The van der Waals surface area contributed by atoms with Gasteiger partial charge in [-0.1, -0.05) is 0 Å². The van der Waals surface area contributed by atoms with E-state index in [-0.39, 0.29) is 11.4 Å². The maximum absolute atomic E-state index is 14.9. The molecule has 9 nitrogen and oxygen atoms in total. The summed E-state index contributed by atoms with van der Waals surface area (Å²) in [5.41, 5.74) is 1.76. The Morgan fingerprint density at radius 2 is 1.89 bits per heavy atom. The number of carbonyl (C=O) groups excluding carboxylic acids is 1. The van der Waals surface area contributed by atoms with Gasteiger partial charge in [-0.25, -0.2) is 19.2 Å². The molecule has 1 aromatic heterocycles. The number of carbonyl (C=O) groups is 1. The standard InChI is InChI=1S/C25H30FN5O4/c1-33-12-13-35-20-14-21(26)23-22(15-20)28-16-29-24(23)30-18-2-4-19(5-3-18)31-25(32)27-9-6-17-7-10-34-11-8-17/h2-5,14-17H,6-13H2,1H3,(H2,27,31,32)(H,28,29,30). The number of amides is 2. The van der Waals surface area contributed by atoms with Gasteiger partial charge >= 0.3 is 6.03 Å². The normalized spacial score (nSPS) is 14.0. The second kappa shape index (κ2) is 12.3. The molecule has 0 saturated carbocycles. The summed E-state index contributed by atoms with van der Waals surface area (Å²) in [5, 5.41) is 9.11. The van der Waals surface area contributed by atoms with E-state index >= 15 is 0 Å². The van der Waals surface area contributed by atoms with E-state index in [2.05, 4.69) is 25.9 Å². The number of hydrogen-bond donors (Lipinski definition) is 3. The minimum Gasteiger partial charge on any atom is -0.491 e. The van der Waals surface area contributed by atoms with Gasteiger partial charge in [0.25, 0.3) is 0 Å². The van der Waals surface area contributed by atoms with Crippen LogP contribution in [0.3, 0.4) is 0 Å². The Bertz CT molecular complexity index is 1120. The highest BCUT2D eigenvalue weighted by Gasteiger charge is 2.14. The van der Waals surface area contributed by atoms with Gasteiger partial charge in [0.2, 0.25) is 0 Å². The molecule has 2 heterocycles. The van der Waals surface area contributed by atoms with Gasteiger partial charge in [-0.05, 0) is 49.4 Å². The summed E-state index contributed by atoms with van der Waals surface area (Å²) in [6.07, 6.45) is 4.41. The van der Waals surface area contributed by atoms with E-state index in [1.54, 1.807) is 37.4 Å². The highest BCUT2D eigenvalue weighted by Crippen LogP contribution is 2.29. The number of anilines is 3. The van der Waals surface area contributed by atoms with Crippen molar-refractivity contribution in [3.05, 3.63) is 48.5 Å². The molecule has 3 aromatic rings. The Morgan fingerprint density at radius 3 is 2.66 bits per heavy atom. The zero-order valence-electron chi connectivity index (χ0n) is 19.7. The largest absolute Gasteiger partial charge is 0.491 e. The summed E-state index contributed by atoms with van der Waals surface area (Å²) in [6, 6.07) is 9.82. The summed E-state index contributed by atoms with van der Waals surface area (Å²) in [6.45, 7) is 2.95. The van der Waals surface area contributed by atoms with Gasteiger partial charge < -0.3 is 30.2 Å². The highest BCUT2D eigenvalue weighted by atomic mass is 19.1. The number of rotatable bonds is 10. The Morgan fingerprint density at radius 1 is 1.11 bits per heavy atom. The molecule has 2 aromatic carbocycles. The van der Waals surface area contributed by atoms with E-state index in [9.17, 15) is 9.18 Å². The highest BCUT2D eigenvalue weighted by molar-refractivity contribution is 5.92. The molecule has 3 N–H and O–H groups in total. The lowest BCUT2D eigenvalue weighted by Gasteiger charge is -2.21. The number of hydrogen-bond acceptors (Lipinski definition) is 7. The van der Waals surface area contributed by atoms with E-state index < -0.39 is 5.82 Å². The average molecular weight is 484 g/mol. The molecule has 35 heavy (non-hydrogen) atoms. The molecule has 0 spiro atoms. The number of benzene rings is 2. The number of halogens is 1. The molecule has 2 amide bonds. The number of fused-ring (bicyclic) bond motifs is 1. The van der Waals surface area contributed by atoms with Crippen LogP contribution in [0.4, 0.5) is 26.4 Å². The quantitative estimate of drug-likeness (QED) is 0.365. The van der Waals surface area contributed by atoms with Crippen molar-refractivity contribution in [2.45, 2.75) is 19.3 Å². The van der Waals surface area contributed by atoms with Crippen molar-refractivity contribution in [3.63, 3.8) is 0 Å². The first kappa shape index (κ1) is 24.6. The van der Waals surface area contributed by atoms with Crippen molar-refractivity contribution in [1.82, 2.24) is 15.3 Å². The van der Waals surface area contributed by atoms with Crippen LogP contribution < -0.4 is 20.7 Å². The zero-order chi connectivity index (χ0) is 24.5. The number of methoxy groups -OCH3 is 1. The third kappa shape index (κ3) is 7.00. The molecular formula is C25H30FN5O4. The van der Waals surface area contributed by atoms with Crippen molar-refractivity contribution in [3.8, 4) is 5.75 Å². The number of nitrogens with one attached hydrogen (secondary N) is 3. The molecular weight excluding hydrogens is 453 g/mol. The average Bonchev–Trinajstić information content (AvgIpc) is 2.86. The van der Waals surface area contributed by atoms with Crippen LogP contribution in [0.2, 0.25) is 0 Å². The van der Waals surface area contributed by atoms with Crippen LogP contribution in [0.5, 0.6) is 5.75 Å². The summed E-state index contributed by atoms with van der Waals surface area (Å²) in [4.78, 5) is 20.6. The maximum Gasteiger partial charge on any atom is 0.319 e. The summed E-state index contributed by atoms with van der Waals surface area (Å²) < 4.78 is 30.7. The van der Waals surface area contributed by atoms with Crippen LogP contribution in [0.1, 0.15) is 19.3 Å². The number of ether oxygens (including phenoxy) is 3. The van der Waals surface area contributed by atoms with Crippen LogP contribution in [-0.2, 0) is 9.47 Å². The molecule has 0 aliphatic carbocycles. The van der Waals surface area contributed by atoms with Gasteiger partial charge in [0, 0.05) is 50.4 Å². The Hall–Kier alpha value is -3.50. The fourth-order valence-electron chi connectivity index (χ4n) is 3.91. The van der Waals surface area contributed by atoms with Gasteiger partial charge in [-0.3, -0.25) is 0 Å². The molecule has 1 saturated heterocycles. The van der Waals surface area contributed by atoms with E-state index in [1.165, 1.54) is 12.4 Å². The lowest BCUT2D eigenvalue weighted by atomic mass is 9.97. The Labute approximate surface area is 203 Å². The molecule has 186 valence electrons. The third-order valence-corrected chi connectivity index (χ3v) is 5.80. The van der Waals surface area contributed by atoms with Crippen molar-refractivity contribution < 1.29 is 23.4 Å². The van der Waals surface area contributed by atoms with Crippen LogP contribution in [0.15, 0.2) is 42.7 Å². The molecule has 0 unspecified atom stereocenters. The van der Waals surface area contributed by atoms with Crippen LogP contribution in [0, 0.1) is 11.7 Å². The van der Waals surface area contributed by atoms with Gasteiger partial charge in [0.05, 0.1) is 17.5 Å². The van der Waals surface area contributed by atoms with Crippen molar-refractivity contribution >= 4 is 34.1 Å². The topological polar surface area (TPSA) is 107 Å². The second-order valence-electron chi connectivity index (χ2n) is 8.29. The van der Waals surface area contributed by atoms with Gasteiger partial charge in [0.1, 0.15) is 30.3 Å². The van der Waals surface area contributed by atoms with Crippen molar-refractivity contribution in [1.29, 1.82) is 0 Å². The third-order valence-electron chi connectivity index (χ3n) is 5.80. The fraction of sp³-hybridized carbons (Fsp3) is 0.400. The Kier molecular flexibility index (Phi) is 8.63. The zero-order valence-corrected chi connectivity index (χ0v) is 19.7. The lowest BCUT2D eigenvalue weighted by Crippen LogP contribution is -2.31. The van der Waals surface area contributed by atoms with E-state index in [1.807, 2.05) is 0 Å². The monoisotopic (exact) mass is 483 g/mol. The number of aromatic nitrogens is 2. The first-order chi connectivity index (χ1) is 17.1. The van der Waals surface area contributed by atoms with Gasteiger partial charge in [-0.2, -0.15) is 0 Å². The van der Waals surface area contributed by atoms with Gasteiger partial charge in [0.15, 0.2) is 0 Å². The van der Waals surface area contributed by atoms with E-state index in [4.69, 9.17) is 14.2 Å². The minimum atomic E-state index is -0.492. The van der Waals surface area contributed by atoms with Crippen LogP contribution in [0.25, 0.3) is 10.9 Å². The number of nitrogens with zero attached hydrogens (tertiary/aromatic N) is 2. The van der Waals surface area contributed by atoms with E-state index in [0.717, 1.165) is 32.5 Å². The first-order valence-corrected chi connectivity index (χ1v) is 11.7. The Balaban J connectivity index is 1.33. The molecule has 10 heteroatoms. The van der Waals surface area contributed by atoms with Crippen molar-refractivity contribution in [2.75, 3.05) is 50.7 Å². The smallest absolute Gasteiger partial charge is 0.319 e. The van der Waals surface area contributed by atoms with E-state index in [0.29, 0.717) is 54.1 Å². The molecule has 0 radical (unpaired) electrons. The summed E-state index contributed by atoms with van der Waals surface area (Å²) in [5.74, 6) is 0.821. The molecule has 4 rings (SSSR count).